The van der Waals surface area contributed by atoms with E-state index in [1.54, 1.807) is 0 Å². The molecule has 0 aliphatic heterocycles. The topological polar surface area (TPSA) is 34.1 Å². The average molecular weight is 270 g/mol. The quantitative estimate of drug-likeness (QED) is 0.673. The summed E-state index contributed by atoms with van der Waals surface area (Å²) in [6, 6.07) is 0. The standard InChI is InChI=1S/C18H22O2/c19-13-7-11-3-1-5-15-16(17(11)9-13)6-2-4-12-8-14(20)10-18(12)15/h7-8,15-18H,1-6,9-10H2/t15-,16-,17-,18-/m1/s1. The van der Waals surface area contributed by atoms with Gasteiger partial charge in [0, 0.05) is 12.8 Å². The molecule has 4 rings (SSSR count). The zero-order valence-electron chi connectivity index (χ0n) is 11.9. The molecular weight excluding hydrogens is 248 g/mol. The van der Waals surface area contributed by atoms with Gasteiger partial charge >= 0.3 is 0 Å². The second-order valence-electron chi connectivity index (χ2n) is 7.10. The van der Waals surface area contributed by atoms with E-state index in [2.05, 4.69) is 0 Å². The fourth-order valence-corrected chi connectivity index (χ4v) is 5.32. The second kappa shape index (κ2) is 4.68. The monoisotopic (exact) mass is 270 g/mol. The SMILES string of the molecule is O=C1C=C2CCC[C@@H]3[C@@H](CCCC4=CC(=O)C[C@H]43)[C@@H]2C1. The fraction of sp³-hybridized carbons (Fsp3) is 0.667. The van der Waals surface area contributed by atoms with Gasteiger partial charge in [-0.3, -0.25) is 9.59 Å². The molecule has 2 heteroatoms. The van der Waals surface area contributed by atoms with Crippen LogP contribution in [0.25, 0.3) is 0 Å². The zero-order valence-corrected chi connectivity index (χ0v) is 11.9. The molecule has 2 saturated carbocycles. The first-order valence-electron chi connectivity index (χ1n) is 8.19. The second-order valence-corrected chi connectivity index (χ2v) is 7.10. The maximum Gasteiger partial charge on any atom is 0.156 e. The molecule has 2 fully saturated rings. The zero-order chi connectivity index (χ0) is 13.7. The molecule has 0 heterocycles. The Morgan fingerprint density at radius 1 is 0.750 bits per heavy atom. The molecule has 0 amide bonds. The molecule has 0 saturated heterocycles. The maximum atomic E-state index is 11.8. The molecule has 0 aromatic carbocycles. The van der Waals surface area contributed by atoms with E-state index in [1.165, 1.54) is 36.8 Å². The lowest BCUT2D eigenvalue weighted by Crippen LogP contribution is -2.27. The van der Waals surface area contributed by atoms with Gasteiger partial charge in [0.05, 0.1) is 0 Å². The summed E-state index contributed by atoms with van der Waals surface area (Å²) in [6.07, 6.45) is 12.5. The number of rotatable bonds is 0. The van der Waals surface area contributed by atoms with Gasteiger partial charge < -0.3 is 0 Å². The minimum absolute atomic E-state index is 0.341. The minimum Gasteiger partial charge on any atom is -0.295 e. The van der Waals surface area contributed by atoms with E-state index in [1.807, 2.05) is 12.2 Å². The lowest BCUT2D eigenvalue weighted by Gasteiger charge is -2.33. The number of hydrogen-bond donors (Lipinski definition) is 0. The highest BCUT2D eigenvalue weighted by molar-refractivity contribution is 5.94. The first kappa shape index (κ1) is 12.6. The highest BCUT2D eigenvalue weighted by atomic mass is 16.1. The van der Waals surface area contributed by atoms with Gasteiger partial charge in [-0.1, -0.05) is 11.1 Å². The molecule has 0 spiro atoms. The van der Waals surface area contributed by atoms with E-state index in [0.29, 0.717) is 35.2 Å². The molecule has 0 bridgehead atoms. The molecule has 0 radical (unpaired) electrons. The van der Waals surface area contributed by atoms with Gasteiger partial charge in [0.2, 0.25) is 0 Å². The van der Waals surface area contributed by atoms with Crippen LogP contribution in [0, 0.1) is 23.7 Å². The van der Waals surface area contributed by atoms with Crippen molar-refractivity contribution in [2.24, 2.45) is 23.7 Å². The van der Waals surface area contributed by atoms with E-state index in [9.17, 15) is 9.59 Å². The van der Waals surface area contributed by atoms with Crippen molar-refractivity contribution in [1.82, 2.24) is 0 Å². The molecule has 4 aliphatic rings. The molecule has 0 N–H and O–H groups in total. The van der Waals surface area contributed by atoms with E-state index >= 15 is 0 Å². The normalized spacial score (nSPS) is 40.2. The predicted molar refractivity (Wildman–Crippen MR) is 77.1 cm³/mol. The summed E-state index contributed by atoms with van der Waals surface area (Å²) < 4.78 is 0. The van der Waals surface area contributed by atoms with Crippen LogP contribution in [0.1, 0.15) is 51.4 Å². The Balaban J connectivity index is 1.69. The first-order chi connectivity index (χ1) is 9.72. The Hall–Kier alpha value is -1.18. The lowest BCUT2D eigenvalue weighted by molar-refractivity contribution is -0.116. The van der Waals surface area contributed by atoms with Crippen molar-refractivity contribution in [3.05, 3.63) is 23.3 Å². The van der Waals surface area contributed by atoms with Crippen molar-refractivity contribution in [2.75, 3.05) is 0 Å². The van der Waals surface area contributed by atoms with Gasteiger partial charge in [0.25, 0.3) is 0 Å². The summed E-state index contributed by atoms with van der Waals surface area (Å²) in [6.45, 7) is 0. The molecule has 0 aromatic heterocycles. The Kier molecular flexibility index (Phi) is 2.94. The highest BCUT2D eigenvalue weighted by Gasteiger charge is 2.44. The number of fused-ring (bicyclic) bond motifs is 5. The number of hydrogen-bond acceptors (Lipinski definition) is 2. The van der Waals surface area contributed by atoms with Gasteiger partial charge in [-0.25, -0.2) is 0 Å². The van der Waals surface area contributed by atoms with E-state index < -0.39 is 0 Å². The summed E-state index contributed by atoms with van der Waals surface area (Å²) in [5.41, 5.74) is 2.86. The number of allylic oxidation sites excluding steroid dienone is 4. The van der Waals surface area contributed by atoms with Crippen molar-refractivity contribution in [3.8, 4) is 0 Å². The van der Waals surface area contributed by atoms with E-state index in [0.717, 1.165) is 25.7 Å². The van der Waals surface area contributed by atoms with Crippen molar-refractivity contribution >= 4 is 11.6 Å². The predicted octanol–water partition coefficient (Wildman–Crippen LogP) is 3.62. The van der Waals surface area contributed by atoms with Crippen molar-refractivity contribution in [1.29, 1.82) is 0 Å². The van der Waals surface area contributed by atoms with Gasteiger partial charge in [0.15, 0.2) is 11.6 Å². The largest absolute Gasteiger partial charge is 0.295 e. The van der Waals surface area contributed by atoms with Gasteiger partial charge in [-0.05, 0) is 74.3 Å². The van der Waals surface area contributed by atoms with Crippen LogP contribution in [-0.4, -0.2) is 11.6 Å². The number of ketones is 2. The first-order valence-corrected chi connectivity index (χ1v) is 8.19. The lowest BCUT2D eigenvalue weighted by atomic mass is 9.71. The number of carbonyl (C=O) groups excluding carboxylic acids is 2. The van der Waals surface area contributed by atoms with Crippen LogP contribution in [0.15, 0.2) is 23.3 Å². The third-order valence-corrected chi connectivity index (χ3v) is 6.08. The highest BCUT2D eigenvalue weighted by Crippen LogP contribution is 2.52. The van der Waals surface area contributed by atoms with Crippen molar-refractivity contribution in [2.45, 2.75) is 51.4 Å². The summed E-state index contributed by atoms with van der Waals surface area (Å²) >= 11 is 0. The smallest absolute Gasteiger partial charge is 0.156 e. The van der Waals surface area contributed by atoms with Crippen LogP contribution in [-0.2, 0) is 9.59 Å². The van der Waals surface area contributed by atoms with Gasteiger partial charge in [-0.2, -0.15) is 0 Å². The van der Waals surface area contributed by atoms with Crippen LogP contribution in [0.4, 0.5) is 0 Å². The Bertz CT molecular complexity index is 478. The van der Waals surface area contributed by atoms with Crippen molar-refractivity contribution < 1.29 is 9.59 Å². The third kappa shape index (κ3) is 1.92. The van der Waals surface area contributed by atoms with E-state index in [-0.39, 0.29) is 0 Å². The summed E-state index contributed by atoms with van der Waals surface area (Å²) in [5.74, 6) is 2.99. The van der Waals surface area contributed by atoms with Crippen molar-refractivity contribution in [3.63, 3.8) is 0 Å². The fourth-order valence-electron chi connectivity index (χ4n) is 5.32. The van der Waals surface area contributed by atoms with Gasteiger partial charge in [-0.15, -0.1) is 0 Å². The average Bonchev–Trinajstić information content (AvgIpc) is 2.85. The Morgan fingerprint density at radius 3 is 1.65 bits per heavy atom. The summed E-state index contributed by atoms with van der Waals surface area (Å²) in [7, 11) is 0. The van der Waals surface area contributed by atoms with Gasteiger partial charge in [0.1, 0.15) is 0 Å². The van der Waals surface area contributed by atoms with Crippen LogP contribution < -0.4 is 0 Å². The van der Waals surface area contributed by atoms with Crippen LogP contribution in [0.5, 0.6) is 0 Å². The molecular formula is C18H22O2. The number of carbonyl (C=O) groups is 2. The molecule has 2 nitrogen and oxygen atoms in total. The third-order valence-electron chi connectivity index (χ3n) is 6.08. The molecule has 106 valence electrons. The molecule has 20 heavy (non-hydrogen) atoms. The molecule has 0 unspecified atom stereocenters. The molecule has 4 aliphatic carbocycles. The maximum absolute atomic E-state index is 11.8. The molecule has 4 atom stereocenters. The summed E-state index contributed by atoms with van der Waals surface area (Å²) in [4.78, 5) is 23.6. The van der Waals surface area contributed by atoms with Crippen LogP contribution >= 0.6 is 0 Å². The van der Waals surface area contributed by atoms with E-state index in [4.69, 9.17) is 0 Å². The Labute approximate surface area is 120 Å². The van der Waals surface area contributed by atoms with Crippen LogP contribution in [0.3, 0.4) is 0 Å². The van der Waals surface area contributed by atoms with Crippen LogP contribution in [0.2, 0.25) is 0 Å². The Morgan fingerprint density at radius 2 is 1.20 bits per heavy atom. The minimum atomic E-state index is 0.341. The summed E-state index contributed by atoms with van der Waals surface area (Å²) in [5, 5.41) is 0. The molecule has 0 aromatic rings.